The average molecular weight is 537 g/mol. The number of benzene rings is 4. The van der Waals surface area contributed by atoms with Crippen molar-refractivity contribution >= 4 is 21.7 Å². The van der Waals surface area contributed by atoms with Crippen LogP contribution >= 0.6 is 0 Å². The highest BCUT2D eigenvalue weighted by Crippen LogP contribution is 2.45. The zero-order valence-corrected chi connectivity index (χ0v) is 22.3. The fraction of sp³-hybridized carbons (Fsp3) is 0.294. The number of aliphatic hydroxyl groups excluding tert-OH is 1. The first kappa shape index (κ1) is 26.2. The SMILES string of the molecule is C.COc1ccc2c(c1)c1c(n2CO)CN2CCc3cc(OCc4ccc5ccccc5c4)c(OC)cc3C2C1. The third kappa shape index (κ3) is 4.28. The molecular weight excluding hydrogens is 500 g/mol. The molecule has 0 amide bonds. The van der Waals surface area contributed by atoms with Gasteiger partial charge in [0.1, 0.15) is 19.1 Å². The maximum atomic E-state index is 10.2. The van der Waals surface area contributed by atoms with E-state index in [0.717, 1.165) is 59.6 Å². The van der Waals surface area contributed by atoms with Crippen molar-refractivity contribution in [2.24, 2.45) is 0 Å². The lowest BCUT2D eigenvalue weighted by molar-refractivity contribution is 0.145. The van der Waals surface area contributed by atoms with Crippen LogP contribution in [0.1, 0.15) is 41.4 Å². The van der Waals surface area contributed by atoms with Crippen molar-refractivity contribution < 1.29 is 19.3 Å². The minimum atomic E-state index is -0.0288. The number of nitrogens with zero attached hydrogens (tertiary/aromatic N) is 2. The second-order valence-corrected chi connectivity index (χ2v) is 10.5. The average Bonchev–Trinajstić information content (AvgIpc) is 3.29. The highest BCUT2D eigenvalue weighted by Gasteiger charge is 2.36. The lowest BCUT2D eigenvalue weighted by Crippen LogP contribution is -2.39. The zero-order chi connectivity index (χ0) is 26.5. The van der Waals surface area contributed by atoms with Crippen LogP contribution in [0, 0.1) is 0 Å². The Morgan fingerprint density at radius 1 is 0.900 bits per heavy atom. The lowest BCUT2D eigenvalue weighted by atomic mass is 9.85. The largest absolute Gasteiger partial charge is 0.497 e. The number of aromatic nitrogens is 1. The van der Waals surface area contributed by atoms with Crippen LogP contribution in [0.4, 0.5) is 0 Å². The molecule has 1 aromatic heterocycles. The fourth-order valence-corrected chi connectivity index (χ4v) is 6.49. The minimum Gasteiger partial charge on any atom is -0.497 e. The van der Waals surface area contributed by atoms with Crippen LogP contribution in [0.25, 0.3) is 21.7 Å². The van der Waals surface area contributed by atoms with E-state index in [2.05, 4.69) is 71.6 Å². The van der Waals surface area contributed by atoms with Crippen molar-refractivity contribution in [1.29, 1.82) is 0 Å². The normalized spacial score (nSPS) is 16.1. The second-order valence-electron chi connectivity index (χ2n) is 10.5. The Labute approximate surface area is 235 Å². The lowest BCUT2D eigenvalue weighted by Gasteiger charge is -2.41. The first-order valence-electron chi connectivity index (χ1n) is 13.5. The Morgan fingerprint density at radius 3 is 2.55 bits per heavy atom. The fourth-order valence-electron chi connectivity index (χ4n) is 6.49. The van der Waals surface area contributed by atoms with Crippen molar-refractivity contribution in [2.75, 3.05) is 20.8 Å². The Morgan fingerprint density at radius 2 is 1.75 bits per heavy atom. The van der Waals surface area contributed by atoms with E-state index in [9.17, 15) is 5.11 Å². The number of methoxy groups -OCH3 is 2. The third-order valence-corrected chi connectivity index (χ3v) is 8.49. The number of aliphatic hydroxyl groups is 1. The van der Waals surface area contributed by atoms with Crippen LogP contribution < -0.4 is 14.2 Å². The van der Waals surface area contributed by atoms with E-state index in [4.69, 9.17) is 14.2 Å². The van der Waals surface area contributed by atoms with E-state index in [1.165, 1.54) is 33.2 Å². The van der Waals surface area contributed by atoms with Gasteiger partial charge in [-0.25, -0.2) is 0 Å². The zero-order valence-electron chi connectivity index (χ0n) is 22.3. The maximum absolute atomic E-state index is 10.2. The quantitative estimate of drug-likeness (QED) is 0.264. The van der Waals surface area contributed by atoms with Gasteiger partial charge in [-0.1, -0.05) is 43.8 Å². The summed E-state index contributed by atoms with van der Waals surface area (Å²) in [6.07, 6.45) is 1.82. The third-order valence-electron chi connectivity index (χ3n) is 8.49. The topological polar surface area (TPSA) is 56.1 Å². The molecule has 1 N–H and O–H groups in total. The number of hydrogen-bond donors (Lipinski definition) is 1. The Balaban J connectivity index is 0.00000289. The van der Waals surface area contributed by atoms with Crippen LogP contribution in [-0.2, 0) is 32.7 Å². The summed E-state index contributed by atoms with van der Waals surface area (Å²) in [7, 11) is 3.41. The maximum Gasteiger partial charge on any atom is 0.161 e. The van der Waals surface area contributed by atoms with Gasteiger partial charge >= 0.3 is 0 Å². The molecule has 5 aromatic rings. The smallest absolute Gasteiger partial charge is 0.161 e. The Kier molecular flexibility index (Phi) is 6.90. The molecule has 206 valence electrons. The van der Waals surface area contributed by atoms with E-state index >= 15 is 0 Å². The molecule has 0 fully saturated rings. The van der Waals surface area contributed by atoms with Gasteiger partial charge in [-0.2, -0.15) is 0 Å². The van der Waals surface area contributed by atoms with Crippen LogP contribution in [0.15, 0.2) is 72.8 Å². The number of hydrogen-bond acceptors (Lipinski definition) is 5. The molecule has 6 nitrogen and oxygen atoms in total. The Bertz CT molecular complexity index is 1710. The molecule has 4 aromatic carbocycles. The second kappa shape index (κ2) is 10.5. The summed E-state index contributed by atoms with van der Waals surface area (Å²) in [5.41, 5.74) is 7.30. The molecule has 40 heavy (non-hydrogen) atoms. The summed E-state index contributed by atoms with van der Waals surface area (Å²) in [5.74, 6) is 2.39. The van der Waals surface area contributed by atoms with Gasteiger partial charge in [-0.3, -0.25) is 4.90 Å². The molecule has 0 radical (unpaired) electrons. The van der Waals surface area contributed by atoms with Gasteiger partial charge in [0.2, 0.25) is 0 Å². The van der Waals surface area contributed by atoms with Gasteiger partial charge in [0.05, 0.1) is 19.7 Å². The predicted molar refractivity (Wildman–Crippen MR) is 159 cm³/mol. The molecule has 3 heterocycles. The summed E-state index contributed by atoms with van der Waals surface area (Å²) in [6, 6.07) is 25.6. The van der Waals surface area contributed by atoms with Crippen LogP contribution in [-0.4, -0.2) is 35.3 Å². The molecule has 6 heteroatoms. The molecule has 0 saturated heterocycles. The van der Waals surface area contributed by atoms with Gasteiger partial charge < -0.3 is 23.9 Å². The van der Waals surface area contributed by atoms with Gasteiger partial charge in [0.15, 0.2) is 11.5 Å². The highest BCUT2D eigenvalue weighted by molar-refractivity contribution is 5.87. The molecule has 0 aliphatic carbocycles. The van der Waals surface area contributed by atoms with E-state index in [1.807, 2.05) is 10.6 Å². The van der Waals surface area contributed by atoms with Crippen LogP contribution in [0.5, 0.6) is 17.2 Å². The summed E-state index contributed by atoms with van der Waals surface area (Å²) in [6.45, 7) is 2.23. The minimum absolute atomic E-state index is 0. The van der Waals surface area contributed by atoms with Gasteiger partial charge in [0.25, 0.3) is 0 Å². The van der Waals surface area contributed by atoms with E-state index in [-0.39, 0.29) is 20.2 Å². The van der Waals surface area contributed by atoms with Crippen molar-refractivity contribution in [3.63, 3.8) is 0 Å². The van der Waals surface area contributed by atoms with Crippen molar-refractivity contribution in [1.82, 2.24) is 9.47 Å². The Hall–Kier alpha value is -4.00. The van der Waals surface area contributed by atoms with Crippen LogP contribution in [0.3, 0.4) is 0 Å². The van der Waals surface area contributed by atoms with E-state index < -0.39 is 0 Å². The summed E-state index contributed by atoms with van der Waals surface area (Å²) in [5, 5.41) is 13.8. The van der Waals surface area contributed by atoms with Gasteiger partial charge in [-0.15, -0.1) is 0 Å². The van der Waals surface area contributed by atoms with Crippen molar-refractivity contribution in [3.8, 4) is 17.2 Å². The van der Waals surface area contributed by atoms with Gasteiger partial charge in [0, 0.05) is 30.2 Å². The summed E-state index contributed by atoms with van der Waals surface area (Å²) < 4.78 is 19.8. The molecule has 7 rings (SSSR count). The molecule has 2 aliphatic heterocycles. The van der Waals surface area contributed by atoms with Gasteiger partial charge in [-0.05, 0) is 82.3 Å². The summed E-state index contributed by atoms with van der Waals surface area (Å²) >= 11 is 0. The van der Waals surface area contributed by atoms with E-state index in [0.29, 0.717) is 6.61 Å². The predicted octanol–water partition coefficient (Wildman–Crippen LogP) is 6.63. The first-order valence-corrected chi connectivity index (χ1v) is 13.5. The molecule has 0 spiro atoms. The highest BCUT2D eigenvalue weighted by atomic mass is 16.5. The monoisotopic (exact) mass is 536 g/mol. The van der Waals surface area contributed by atoms with Crippen LogP contribution in [0.2, 0.25) is 0 Å². The molecule has 1 unspecified atom stereocenters. The number of ether oxygens (including phenoxy) is 3. The molecular formula is C34H36N2O4. The molecule has 1 atom stereocenters. The first-order chi connectivity index (χ1) is 19.2. The van der Waals surface area contributed by atoms with Crippen molar-refractivity contribution in [3.05, 3.63) is 101 Å². The molecule has 0 bridgehead atoms. The summed E-state index contributed by atoms with van der Waals surface area (Å²) in [4.78, 5) is 2.53. The van der Waals surface area contributed by atoms with Crippen molar-refractivity contribution in [2.45, 2.75) is 46.2 Å². The standard InChI is InChI=1S/C33H32N2O4.CH4/c1-37-25-9-10-29-27(15-25)28-16-30-26-17-32(38-2)33(14-24(26)11-12-34(30)18-31(28)35(29)20-36)39-19-21-7-8-22-5-3-4-6-23(22)13-21;/h3-10,13-15,17,30,36H,11-12,16,18-20H2,1-2H3;1H4. The number of fused-ring (bicyclic) bond motifs is 7. The van der Waals surface area contributed by atoms with E-state index in [1.54, 1.807) is 14.2 Å². The molecule has 2 aliphatic rings. The molecule has 0 saturated carbocycles. The number of rotatable bonds is 6.